The van der Waals surface area contributed by atoms with E-state index in [0.717, 1.165) is 5.56 Å². The largest absolute Gasteiger partial charge is 0.362 e. The van der Waals surface area contributed by atoms with E-state index in [-0.39, 0.29) is 0 Å². The van der Waals surface area contributed by atoms with Crippen molar-refractivity contribution < 1.29 is 13.6 Å². The standard InChI is InChI=1S/C12H15O3P/c1-12(2)9-11(16(13,14-3)15-12)10-7-5-4-6-8-10/h4-9H,1-3H3. The SMILES string of the molecule is COP1(=O)OC(C)(C)C=C1c1ccccc1. The van der Waals surface area contributed by atoms with Crippen LogP contribution in [0.15, 0.2) is 36.4 Å². The molecular weight excluding hydrogens is 223 g/mol. The Hall–Kier alpha value is -0.890. The molecule has 0 amide bonds. The molecule has 86 valence electrons. The third-order valence-electron chi connectivity index (χ3n) is 2.44. The van der Waals surface area contributed by atoms with Crippen LogP contribution in [0.3, 0.4) is 0 Å². The fourth-order valence-electron chi connectivity index (χ4n) is 1.78. The minimum Gasteiger partial charge on any atom is -0.309 e. The van der Waals surface area contributed by atoms with Crippen LogP contribution in [0.5, 0.6) is 0 Å². The first-order chi connectivity index (χ1) is 7.47. The number of hydrogen-bond donors (Lipinski definition) is 0. The van der Waals surface area contributed by atoms with E-state index in [1.54, 1.807) is 0 Å². The van der Waals surface area contributed by atoms with Crippen molar-refractivity contribution in [1.82, 2.24) is 0 Å². The Balaban J connectivity index is 2.50. The zero-order valence-corrected chi connectivity index (χ0v) is 10.5. The molecule has 0 aromatic heterocycles. The highest BCUT2D eigenvalue weighted by Gasteiger charge is 2.43. The van der Waals surface area contributed by atoms with Crippen LogP contribution in [0.2, 0.25) is 0 Å². The first kappa shape index (κ1) is 11.6. The predicted molar refractivity (Wildman–Crippen MR) is 64.2 cm³/mol. The molecule has 2 rings (SSSR count). The van der Waals surface area contributed by atoms with Crippen molar-refractivity contribution in [2.75, 3.05) is 7.11 Å². The van der Waals surface area contributed by atoms with Crippen LogP contribution in [0.25, 0.3) is 5.31 Å². The lowest BCUT2D eigenvalue weighted by atomic mass is 10.1. The molecule has 0 radical (unpaired) electrons. The fourth-order valence-corrected chi connectivity index (χ4v) is 3.76. The van der Waals surface area contributed by atoms with Crippen LogP contribution in [0.4, 0.5) is 0 Å². The van der Waals surface area contributed by atoms with E-state index in [1.165, 1.54) is 7.11 Å². The van der Waals surface area contributed by atoms with E-state index in [4.69, 9.17) is 9.05 Å². The molecular formula is C12H15O3P. The van der Waals surface area contributed by atoms with Crippen molar-refractivity contribution in [3.05, 3.63) is 42.0 Å². The quantitative estimate of drug-likeness (QED) is 0.737. The second-order valence-corrected chi connectivity index (χ2v) is 6.29. The lowest BCUT2D eigenvalue weighted by Crippen LogP contribution is -2.14. The summed E-state index contributed by atoms with van der Waals surface area (Å²) in [7, 11) is -1.73. The van der Waals surface area contributed by atoms with Crippen LogP contribution in [-0.4, -0.2) is 12.7 Å². The highest BCUT2D eigenvalue weighted by atomic mass is 31.2. The maximum atomic E-state index is 12.4. The molecule has 3 nitrogen and oxygen atoms in total. The van der Waals surface area contributed by atoms with Gasteiger partial charge in [-0.2, -0.15) is 0 Å². The third-order valence-corrected chi connectivity index (χ3v) is 4.61. The maximum absolute atomic E-state index is 12.4. The van der Waals surface area contributed by atoms with Gasteiger partial charge >= 0.3 is 7.60 Å². The van der Waals surface area contributed by atoms with Gasteiger partial charge in [-0.1, -0.05) is 30.3 Å². The monoisotopic (exact) mass is 238 g/mol. The summed E-state index contributed by atoms with van der Waals surface area (Å²) in [5, 5.41) is 0.653. The molecule has 0 bridgehead atoms. The third kappa shape index (κ3) is 1.99. The van der Waals surface area contributed by atoms with Gasteiger partial charge < -0.3 is 4.52 Å². The van der Waals surface area contributed by atoms with Crippen LogP contribution in [0, 0.1) is 0 Å². The first-order valence-electron chi connectivity index (χ1n) is 5.12. The van der Waals surface area contributed by atoms with Gasteiger partial charge in [0.1, 0.15) is 0 Å². The second kappa shape index (κ2) is 3.85. The predicted octanol–water partition coefficient (Wildman–Crippen LogP) is 3.68. The molecule has 0 N–H and O–H groups in total. The molecule has 0 aliphatic carbocycles. The van der Waals surface area contributed by atoms with E-state index in [1.807, 2.05) is 50.3 Å². The molecule has 1 aromatic carbocycles. The summed E-state index contributed by atoms with van der Waals surface area (Å²) >= 11 is 0. The minimum absolute atomic E-state index is 0.545. The average molecular weight is 238 g/mol. The van der Waals surface area contributed by atoms with Crippen molar-refractivity contribution in [2.45, 2.75) is 19.4 Å². The lowest BCUT2D eigenvalue weighted by molar-refractivity contribution is 0.145. The normalized spacial score (nSPS) is 27.8. The number of rotatable bonds is 2. The second-order valence-electron chi connectivity index (χ2n) is 4.27. The van der Waals surface area contributed by atoms with Gasteiger partial charge in [0.25, 0.3) is 0 Å². The highest BCUT2D eigenvalue weighted by molar-refractivity contribution is 7.65. The van der Waals surface area contributed by atoms with E-state index in [0.29, 0.717) is 5.31 Å². The van der Waals surface area contributed by atoms with Gasteiger partial charge in [-0.15, -0.1) is 0 Å². The van der Waals surface area contributed by atoms with Crippen LogP contribution in [-0.2, 0) is 13.6 Å². The van der Waals surface area contributed by atoms with Gasteiger partial charge in [-0.05, 0) is 25.5 Å². The van der Waals surface area contributed by atoms with Crippen molar-refractivity contribution in [1.29, 1.82) is 0 Å². The molecule has 1 aliphatic rings. The number of benzene rings is 1. The van der Waals surface area contributed by atoms with Crippen LogP contribution in [0.1, 0.15) is 19.4 Å². The Bertz CT molecular complexity index is 462. The average Bonchev–Trinajstić information content (AvgIpc) is 2.51. The molecule has 4 heteroatoms. The summed E-state index contributed by atoms with van der Waals surface area (Å²) in [5.41, 5.74) is 0.342. The Morgan fingerprint density at radius 3 is 2.44 bits per heavy atom. The smallest absolute Gasteiger partial charge is 0.309 e. The van der Waals surface area contributed by atoms with Gasteiger partial charge in [0.15, 0.2) is 0 Å². The zero-order chi connectivity index (χ0) is 11.8. The molecule has 16 heavy (non-hydrogen) atoms. The first-order valence-corrected chi connectivity index (χ1v) is 6.66. The van der Waals surface area contributed by atoms with Crippen LogP contribution >= 0.6 is 7.60 Å². The summed E-state index contributed by atoms with van der Waals surface area (Å²) in [6, 6.07) is 9.54. The fraction of sp³-hybridized carbons (Fsp3) is 0.333. The van der Waals surface area contributed by atoms with Gasteiger partial charge in [-0.3, -0.25) is 9.09 Å². The number of hydrogen-bond acceptors (Lipinski definition) is 3. The summed E-state index contributed by atoms with van der Waals surface area (Å²) in [6.45, 7) is 3.74. The highest BCUT2D eigenvalue weighted by Crippen LogP contribution is 2.66. The lowest BCUT2D eigenvalue weighted by Gasteiger charge is -2.18. The van der Waals surface area contributed by atoms with Gasteiger partial charge in [0, 0.05) is 7.11 Å². The molecule has 1 atom stereocenters. The summed E-state index contributed by atoms with van der Waals surface area (Å²) in [6.07, 6.45) is 1.87. The molecule has 1 aromatic rings. The van der Waals surface area contributed by atoms with Gasteiger partial charge in [-0.25, -0.2) is 0 Å². The topological polar surface area (TPSA) is 35.5 Å². The Morgan fingerprint density at radius 1 is 1.25 bits per heavy atom. The molecule has 0 saturated carbocycles. The molecule has 1 aliphatic heterocycles. The minimum atomic E-state index is -3.14. The molecule has 1 heterocycles. The summed E-state index contributed by atoms with van der Waals surface area (Å²) in [5.74, 6) is 0. The summed E-state index contributed by atoms with van der Waals surface area (Å²) < 4.78 is 23.0. The van der Waals surface area contributed by atoms with E-state index >= 15 is 0 Å². The van der Waals surface area contributed by atoms with Gasteiger partial charge in [0.2, 0.25) is 0 Å². The Labute approximate surface area is 95.6 Å². The van der Waals surface area contributed by atoms with Crippen molar-refractivity contribution >= 4 is 12.9 Å². The Kier molecular flexibility index (Phi) is 2.79. The zero-order valence-electron chi connectivity index (χ0n) is 9.64. The molecule has 1 unspecified atom stereocenters. The van der Waals surface area contributed by atoms with Crippen LogP contribution < -0.4 is 0 Å². The van der Waals surface area contributed by atoms with Gasteiger partial charge in [0.05, 0.1) is 10.9 Å². The van der Waals surface area contributed by atoms with E-state index in [9.17, 15) is 4.57 Å². The van der Waals surface area contributed by atoms with E-state index in [2.05, 4.69) is 0 Å². The maximum Gasteiger partial charge on any atom is 0.362 e. The molecule has 0 spiro atoms. The van der Waals surface area contributed by atoms with Crippen molar-refractivity contribution in [2.24, 2.45) is 0 Å². The molecule has 0 saturated heterocycles. The van der Waals surface area contributed by atoms with Crippen molar-refractivity contribution in [3.8, 4) is 0 Å². The molecule has 0 fully saturated rings. The van der Waals surface area contributed by atoms with Crippen molar-refractivity contribution in [3.63, 3.8) is 0 Å². The Morgan fingerprint density at radius 2 is 1.88 bits per heavy atom. The summed E-state index contributed by atoms with van der Waals surface area (Å²) in [4.78, 5) is 0. The van der Waals surface area contributed by atoms with E-state index < -0.39 is 13.2 Å².